The van der Waals surface area contributed by atoms with Crippen LogP contribution in [0.4, 0.5) is 8.78 Å². The van der Waals surface area contributed by atoms with Crippen molar-refractivity contribution in [2.24, 2.45) is 5.92 Å². The van der Waals surface area contributed by atoms with Gasteiger partial charge in [0.15, 0.2) is 5.76 Å². The smallest absolute Gasteiger partial charge is 0.287 e. The van der Waals surface area contributed by atoms with E-state index in [0.717, 1.165) is 38.5 Å². The first-order valence-electron chi connectivity index (χ1n) is 8.18. The average molecular weight is 369 g/mol. The maximum absolute atomic E-state index is 13.3. The Labute approximate surface area is 150 Å². The van der Waals surface area contributed by atoms with Crippen LogP contribution in [0.5, 0.6) is 0 Å². The molecule has 2 aromatic rings. The van der Waals surface area contributed by atoms with Crippen LogP contribution in [0.3, 0.4) is 0 Å². The Kier molecular flexibility index (Phi) is 5.11. The number of nitrogens with one attached hydrogen (secondary N) is 1. The van der Waals surface area contributed by atoms with E-state index >= 15 is 0 Å². The normalized spacial score (nSPS) is 24.6. The van der Waals surface area contributed by atoms with Gasteiger partial charge in [0.25, 0.3) is 5.91 Å². The predicted molar refractivity (Wildman–Crippen MR) is 91.7 cm³/mol. The lowest BCUT2D eigenvalue weighted by Crippen LogP contribution is -2.57. The summed E-state index contributed by atoms with van der Waals surface area (Å²) in [6.45, 7) is 3.08. The highest BCUT2D eigenvalue weighted by molar-refractivity contribution is 5.92. The fourth-order valence-corrected chi connectivity index (χ4v) is 3.68. The van der Waals surface area contributed by atoms with E-state index in [4.69, 9.17) is 4.42 Å². The molecule has 134 valence electrons. The molecule has 3 saturated heterocycles. The summed E-state index contributed by atoms with van der Waals surface area (Å²) in [6, 6.07) is 6.39. The summed E-state index contributed by atoms with van der Waals surface area (Å²) in [4.78, 5) is 14.8. The van der Waals surface area contributed by atoms with Crippen LogP contribution in [0.25, 0.3) is 11.3 Å². The van der Waals surface area contributed by atoms with Crippen molar-refractivity contribution in [3.05, 3.63) is 47.7 Å². The van der Waals surface area contributed by atoms with Gasteiger partial charge in [-0.3, -0.25) is 4.79 Å². The number of furan rings is 1. The lowest BCUT2D eigenvalue weighted by atomic mass is 9.84. The first kappa shape index (κ1) is 17.9. The van der Waals surface area contributed by atoms with E-state index in [2.05, 4.69) is 10.2 Å². The number of hydrogen-bond acceptors (Lipinski definition) is 3. The number of nitrogens with zero attached hydrogens (tertiary/aromatic N) is 1. The van der Waals surface area contributed by atoms with Gasteiger partial charge in [0.2, 0.25) is 0 Å². The monoisotopic (exact) mass is 368 g/mol. The van der Waals surface area contributed by atoms with Crippen molar-refractivity contribution in [2.75, 3.05) is 19.6 Å². The second-order valence-corrected chi connectivity index (χ2v) is 6.54. The molecule has 4 heterocycles. The predicted octanol–water partition coefficient (Wildman–Crippen LogP) is 3.47. The molecule has 1 atom stereocenters. The Morgan fingerprint density at radius 3 is 2.40 bits per heavy atom. The van der Waals surface area contributed by atoms with Crippen molar-refractivity contribution < 1.29 is 18.0 Å². The Morgan fingerprint density at radius 2 is 1.80 bits per heavy atom. The highest BCUT2D eigenvalue weighted by Gasteiger charge is 2.35. The van der Waals surface area contributed by atoms with Crippen LogP contribution in [-0.2, 0) is 0 Å². The minimum atomic E-state index is -0.681. The molecular weight excluding hydrogens is 350 g/mol. The maximum Gasteiger partial charge on any atom is 0.287 e. The molecule has 5 rings (SSSR count). The third-order valence-electron chi connectivity index (χ3n) is 4.95. The summed E-state index contributed by atoms with van der Waals surface area (Å²) in [5.74, 6) is -0.694. The van der Waals surface area contributed by atoms with Gasteiger partial charge in [-0.15, -0.1) is 12.4 Å². The molecule has 0 unspecified atom stereocenters. The number of rotatable bonds is 3. The van der Waals surface area contributed by atoms with E-state index < -0.39 is 11.6 Å². The molecule has 1 N–H and O–H groups in total. The lowest BCUT2D eigenvalue weighted by Gasteiger charge is -2.44. The van der Waals surface area contributed by atoms with Crippen LogP contribution in [0.15, 0.2) is 34.7 Å². The summed E-state index contributed by atoms with van der Waals surface area (Å²) < 4.78 is 32.1. The van der Waals surface area contributed by atoms with E-state index in [-0.39, 0.29) is 41.4 Å². The molecule has 2 bridgehead atoms. The van der Waals surface area contributed by atoms with Crippen molar-refractivity contribution >= 4 is 18.3 Å². The van der Waals surface area contributed by atoms with Gasteiger partial charge in [0.05, 0.1) is 0 Å². The molecule has 3 aliphatic rings. The summed E-state index contributed by atoms with van der Waals surface area (Å²) in [5.41, 5.74) is 0.273. The molecule has 0 spiro atoms. The zero-order valence-corrected chi connectivity index (χ0v) is 14.3. The van der Waals surface area contributed by atoms with Crippen molar-refractivity contribution in [2.45, 2.75) is 18.9 Å². The number of amides is 1. The van der Waals surface area contributed by atoms with Gasteiger partial charge in [-0.05, 0) is 56.1 Å². The third kappa shape index (κ3) is 3.70. The Balaban J connectivity index is 0.00000182. The topological polar surface area (TPSA) is 45.5 Å². The van der Waals surface area contributed by atoms with Crippen LogP contribution in [0, 0.1) is 17.6 Å². The molecule has 1 amide bonds. The van der Waals surface area contributed by atoms with Crippen molar-refractivity contribution in [1.29, 1.82) is 0 Å². The molecule has 0 saturated carbocycles. The highest BCUT2D eigenvalue weighted by Crippen LogP contribution is 2.28. The molecule has 7 heteroatoms. The quantitative estimate of drug-likeness (QED) is 0.902. The first-order chi connectivity index (χ1) is 11.6. The number of fused-ring (bicyclic) bond motifs is 3. The number of carbonyl (C=O) groups excluding carboxylic acids is 1. The number of halogens is 3. The Bertz CT molecular complexity index is 752. The fourth-order valence-electron chi connectivity index (χ4n) is 3.68. The zero-order valence-electron chi connectivity index (χ0n) is 13.5. The van der Waals surface area contributed by atoms with E-state index in [1.54, 1.807) is 6.07 Å². The first-order valence-corrected chi connectivity index (χ1v) is 8.18. The van der Waals surface area contributed by atoms with Crippen LogP contribution < -0.4 is 5.32 Å². The third-order valence-corrected chi connectivity index (χ3v) is 4.95. The van der Waals surface area contributed by atoms with Gasteiger partial charge < -0.3 is 14.6 Å². The summed E-state index contributed by atoms with van der Waals surface area (Å²) in [6.07, 6.45) is 2.22. The molecule has 4 nitrogen and oxygen atoms in total. The van der Waals surface area contributed by atoms with E-state index in [0.29, 0.717) is 5.92 Å². The van der Waals surface area contributed by atoms with Gasteiger partial charge in [0, 0.05) is 24.2 Å². The fraction of sp³-hybridized carbons (Fsp3) is 0.389. The van der Waals surface area contributed by atoms with Crippen LogP contribution in [-0.4, -0.2) is 36.5 Å². The number of hydrogen-bond donors (Lipinski definition) is 1. The van der Waals surface area contributed by atoms with Gasteiger partial charge in [-0.2, -0.15) is 0 Å². The van der Waals surface area contributed by atoms with E-state index in [1.165, 1.54) is 18.2 Å². The Hall–Kier alpha value is -1.92. The molecular formula is C18H19ClF2N2O2. The van der Waals surface area contributed by atoms with Crippen molar-refractivity contribution in [1.82, 2.24) is 10.2 Å². The molecule has 3 fully saturated rings. The minimum absolute atomic E-state index is 0. The van der Waals surface area contributed by atoms with Gasteiger partial charge >= 0.3 is 0 Å². The molecule has 0 radical (unpaired) electrons. The maximum atomic E-state index is 13.3. The molecule has 25 heavy (non-hydrogen) atoms. The number of carbonyl (C=O) groups is 1. The zero-order chi connectivity index (χ0) is 16.7. The Morgan fingerprint density at radius 1 is 1.12 bits per heavy atom. The molecule has 1 aromatic heterocycles. The number of piperidine rings is 3. The highest BCUT2D eigenvalue weighted by atomic mass is 35.5. The standard InChI is InChI=1S/C18H18F2N2O2.ClH/c19-13-7-12(8-14(20)9-13)16-1-2-17(24-16)18(23)21-15-10-22-5-3-11(15)4-6-22;/h1-2,7-9,11,15H,3-6,10H2,(H,21,23);1H/t15-;/m0./s1. The van der Waals surface area contributed by atoms with E-state index in [1.807, 2.05) is 0 Å². The second kappa shape index (κ2) is 7.14. The molecule has 1 aromatic carbocycles. The van der Waals surface area contributed by atoms with Gasteiger partial charge in [0.1, 0.15) is 17.4 Å². The molecule has 0 aliphatic carbocycles. The van der Waals surface area contributed by atoms with Gasteiger partial charge in [-0.1, -0.05) is 0 Å². The van der Waals surface area contributed by atoms with Crippen LogP contribution in [0.1, 0.15) is 23.4 Å². The van der Waals surface area contributed by atoms with Gasteiger partial charge in [-0.25, -0.2) is 8.78 Å². The summed E-state index contributed by atoms with van der Waals surface area (Å²) in [5, 5.41) is 3.03. The lowest BCUT2D eigenvalue weighted by molar-refractivity contribution is 0.0606. The summed E-state index contributed by atoms with van der Waals surface area (Å²) >= 11 is 0. The van der Waals surface area contributed by atoms with E-state index in [9.17, 15) is 13.6 Å². The second-order valence-electron chi connectivity index (χ2n) is 6.54. The van der Waals surface area contributed by atoms with Crippen LogP contribution in [0.2, 0.25) is 0 Å². The van der Waals surface area contributed by atoms with Crippen LogP contribution >= 0.6 is 12.4 Å². The SMILES string of the molecule is Cl.O=C(N[C@H]1CN2CCC1CC2)c1ccc(-c2cc(F)cc(F)c2)o1. The molecule has 3 aliphatic heterocycles. The minimum Gasteiger partial charge on any atom is -0.451 e. The number of benzene rings is 1. The largest absolute Gasteiger partial charge is 0.451 e. The summed E-state index contributed by atoms with van der Waals surface area (Å²) in [7, 11) is 0. The van der Waals surface area contributed by atoms with Crippen molar-refractivity contribution in [3.8, 4) is 11.3 Å². The average Bonchev–Trinajstić information content (AvgIpc) is 3.05. The van der Waals surface area contributed by atoms with Crippen molar-refractivity contribution in [3.63, 3.8) is 0 Å².